The summed E-state index contributed by atoms with van der Waals surface area (Å²) in [6, 6.07) is -6.26. The van der Waals surface area contributed by atoms with E-state index in [1.54, 1.807) is 7.11 Å². The molecular weight excluding hydrogens is 1290 g/mol. The van der Waals surface area contributed by atoms with Gasteiger partial charge in [-0.3, -0.25) is 43.2 Å². The molecule has 554 valence electrons. The zero-order valence-electron chi connectivity index (χ0n) is 54.8. The van der Waals surface area contributed by atoms with Gasteiger partial charge in [0.15, 0.2) is 18.9 Å². The molecular formula is C58H103N9O29. The van der Waals surface area contributed by atoms with E-state index in [1.165, 1.54) is 20.8 Å². The summed E-state index contributed by atoms with van der Waals surface area (Å²) in [4.78, 5) is 115. The van der Waals surface area contributed by atoms with Crippen molar-refractivity contribution < 1.29 is 141 Å². The van der Waals surface area contributed by atoms with E-state index in [2.05, 4.69) is 47.9 Å². The molecule has 3 heterocycles. The maximum Gasteiger partial charge on any atom is 0.242 e. The van der Waals surface area contributed by atoms with E-state index in [9.17, 15) is 89.1 Å². The average Bonchev–Trinajstić information content (AvgIpc) is 0.832. The Morgan fingerprint density at radius 1 is 0.375 bits per heavy atom. The Balaban J connectivity index is 1.64. The molecule has 3 saturated heterocycles. The predicted molar refractivity (Wildman–Crippen MR) is 327 cm³/mol. The third-order valence-electron chi connectivity index (χ3n) is 14.8. The lowest BCUT2D eigenvalue weighted by atomic mass is 9.97. The fraction of sp³-hybridized carbons (Fsp3) is 0.845. The fourth-order valence-electron chi connectivity index (χ4n) is 9.83. The highest BCUT2D eigenvalue weighted by molar-refractivity contribution is 5.90. The first-order chi connectivity index (χ1) is 46.0. The molecule has 96 heavy (non-hydrogen) atoms. The molecule has 3 aliphatic rings. The van der Waals surface area contributed by atoms with Crippen LogP contribution in [0, 0.1) is 0 Å². The number of amides is 9. The van der Waals surface area contributed by atoms with Crippen molar-refractivity contribution in [1.82, 2.24) is 47.9 Å². The van der Waals surface area contributed by atoms with Gasteiger partial charge in [0, 0.05) is 86.4 Å². The fourth-order valence-corrected chi connectivity index (χ4v) is 9.83. The lowest BCUT2D eigenvalue weighted by Gasteiger charge is -2.42. The van der Waals surface area contributed by atoms with Crippen LogP contribution in [0.3, 0.4) is 0 Å². The van der Waals surface area contributed by atoms with E-state index in [4.69, 9.17) is 52.1 Å². The number of aliphatic hydroxyl groups excluding tert-OH is 9. The van der Waals surface area contributed by atoms with E-state index in [1.807, 2.05) is 0 Å². The normalized spacial score (nSPS) is 26.3. The van der Waals surface area contributed by atoms with Gasteiger partial charge in [0.25, 0.3) is 0 Å². The molecule has 38 nitrogen and oxygen atoms in total. The van der Waals surface area contributed by atoms with Crippen LogP contribution in [0.15, 0.2) is 0 Å². The summed E-state index contributed by atoms with van der Waals surface area (Å²) in [5.41, 5.74) is 0. The lowest BCUT2D eigenvalue weighted by Crippen LogP contribution is -2.64. The van der Waals surface area contributed by atoms with Crippen molar-refractivity contribution in [3.63, 3.8) is 0 Å². The third-order valence-corrected chi connectivity index (χ3v) is 14.8. The van der Waals surface area contributed by atoms with Crippen LogP contribution in [0.5, 0.6) is 0 Å². The van der Waals surface area contributed by atoms with E-state index in [-0.39, 0.29) is 124 Å². The molecule has 0 aromatic rings. The van der Waals surface area contributed by atoms with Gasteiger partial charge >= 0.3 is 0 Å². The van der Waals surface area contributed by atoms with Crippen molar-refractivity contribution in [1.29, 1.82) is 0 Å². The SMILES string of the molecule is COCCOCCCCNC(=O)CCCC(=O)NC(CCC(=O)NC(CCC(=O)NCCOCCOC1OC(CO)C(O)C(O)C1NC(C)=O)C(=O)NCCOCCOC1OC(CO)C(O)C(O)C1NC(C)=O)C(=O)NCCOCCOC1OC(CO)C(O)C(O)C1NC(C)=O. The number of methoxy groups -OCH3 is 1. The molecule has 0 bridgehead atoms. The van der Waals surface area contributed by atoms with Gasteiger partial charge < -0.3 is 146 Å². The minimum absolute atomic E-state index is 0.00922. The number of hydrogen-bond acceptors (Lipinski definition) is 29. The lowest BCUT2D eigenvalue weighted by molar-refractivity contribution is -0.272. The molecule has 0 spiro atoms. The van der Waals surface area contributed by atoms with Crippen molar-refractivity contribution in [2.45, 2.75) is 183 Å². The van der Waals surface area contributed by atoms with E-state index in [0.29, 0.717) is 39.2 Å². The summed E-state index contributed by atoms with van der Waals surface area (Å²) in [5, 5.41) is 114. The molecule has 0 aliphatic carbocycles. The Morgan fingerprint density at radius 3 is 1.09 bits per heavy atom. The zero-order chi connectivity index (χ0) is 71.0. The molecule has 17 atom stereocenters. The second-order valence-corrected chi connectivity index (χ2v) is 22.5. The number of carbonyl (C=O) groups is 9. The van der Waals surface area contributed by atoms with Crippen LogP contribution >= 0.6 is 0 Å². The van der Waals surface area contributed by atoms with Gasteiger partial charge in [-0.1, -0.05) is 0 Å². The van der Waals surface area contributed by atoms with Crippen LogP contribution < -0.4 is 47.9 Å². The predicted octanol–water partition coefficient (Wildman–Crippen LogP) is -9.47. The van der Waals surface area contributed by atoms with Gasteiger partial charge in [0.2, 0.25) is 53.2 Å². The van der Waals surface area contributed by atoms with Gasteiger partial charge in [-0.15, -0.1) is 0 Å². The number of carbonyl (C=O) groups excluding carboxylic acids is 9. The molecule has 0 radical (unpaired) electrons. The summed E-state index contributed by atoms with van der Waals surface area (Å²) in [6.07, 6.45) is -16.7. The van der Waals surface area contributed by atoms with Crippen LogP contribution in [0.2, 0.25) is 0 Å². The van der Waals surface area contributed by atoms with Crippen molar-refractivity contribution in [2.24, 2.45) is 0 Å². The van der Waals surface area contributed by atoms with Gasteiger partial charge in [-0.2, -0.15) is 0 Å². The Labute approximate surface area is 555 Å². The highest BCUT2D eigenvalue weighted by Crippen LogP contribution is 2.25. The third kappa shape index (κ3) is 32.4. The van der Waals surface area contributed by atoms with Crippen molar-refractivity contribution in [2.75, 3.05) is 132 Å². The summed E-state index contributed by atoms with van der Waals surface area (Å²) in [7, 11) is 1.57. The standard InChI is InChI=1S/C58H103N9O29/c1-33(71)63-45-51(81)48(78)38(30-68)94-56(45)91-27-24-88-19-15-60-42(75)12-10-36(54(84)61-16-20-89-25-28-92-57-46(64-34(2)72)52(82)49(79)39(31-69)95-57)67-44(77)13-11-37(66-43(76)9-7-8-41(74)59-14-5-6-18-87-23-22-86-4)55(85)62-17-21-90-26-29-93-58-47(65-35(3)73)53(83)50(80)40(32-70)96-58/h36-40,45-53,56-58,68-70,78-83H,5-32H2,1-4H3,(H,59,74)(H,60,75)(H,61,84)(H,62,85)(H,63,71)(H,64,72)(H,65,73)(H,66,76)(H,67,77). The Kier molecular flexibility index (Phi) is 42.5. The summed E-state index contributed by atoms with van der Waals surface area (Å²) < 4.78 is 60.5. The van der Waals surface area contributed by atoms with Crippen molar-refractivity contribution in [3.8, 4) is 0 Å². The molecule has 9 amide bonds. The number of unbranched alkanes of at least 4 members (excludes halogenated alkanes) is 1. The molecule has 17 unspecified atom stereocenters. The number of rotatable bonds is 49. The van der Waals surface area contributed by atoms with Crippen molar-refractivity contribution in [3.05, 3.63) is 0 Å². The average molecular weight is 1390 g/mol. The molecule has 3 fully saturated rings. The van der Waals surface area contributed by atoms with Crippen LogP contribution in [-0.4, -0.2) is 336 Å². The minimum atomic E-state index is -1.55. The van der Waals surface area contributed by atoms with Crippen LogP contribution in [0.25, 0.3) is 0 Å². The summed E-state index contributed by atoms with van der Waals surface area (Å²) in [6.45, 7) is 2.04. The number of nitrogens with one attached hydrogen (secondary N) is 9. The smallest absolute Gasteiger partial charge is 0.242 e. The molecule has 3 aliphatic heterocycles. The number of aliphatic hydroxyl groups is 9. The van der Waals surface area contributed by atoms with Gasteiger partial charge in [0.1, 0.15) is 85.1 Å². The molecule has 18 N–H and O–H groups in total. The van der Waals surface area contributed by atoms with Gasteiger partial charge in [0.05, 0.1) is 92.5 Å². The monoisotopic (exact) mass is 1390 g/mol. The number of hydrogen-bond donors (Lipinski definition) is 18. The largest absolute Gasteiger partial charge is 0.394 e. The van der Waals surface area contributed by atoms with Gasteiger partial charge in [-0.25, -0.2) is 0 Å². The molecule has 38 heteroatoms. The first-order valence-corrected chi connectivity index (χ1v) is 32.0. The summed E-state index contributed by atoms with van der Waals surface area (Å²) >= 11 is 0. The zero-order valence-corrected chi connectivity index (χ0v) is 54.8. The van der Waals surface area contributed by atoms with Crippen LogP contribution in [0.4, 0.5) is 0 Å². The maximum atomic E-state index is 13.7. The van der Waals surface area contributed by atoms with Crippen LogP contribution in [0.1, 0.15) is 78.6 Å². The van der Waals surface area contributed by atoms with E-state index >= 15 is 0 Å². The second-order valence-electron chi connectivity index (χ2n) is 22.5. The molecule has 0 aromatic heterocycles. The summed E-state index contributed by atoms with van der Waals surface area (Å²) in [5.74, 6) is -5.39. The number of ether oxygens (including phenoxy) is 11. The molecule has 3 rings (SSSR count). The Bertz CT molecular complexity index is 2310. The van der Waals surface area contributed by atoms with E-state index < -0.39 is 178 Å². The van der Waals surface area contributed by atoms with E-state index in [0.717, 1.165) is 0 Å². The highest BCUT2D eigenvalue weighted by atomic mass is 16.7. The van der Waals surface area contributed by atoms with Crippen molar-refractivity contribution >= 4 is 53.2 Å². The topological polar surface area (TPSA) is 546 Å². The van der Waals surface area contributed by atoms with Gasteiger partial charge in [-0.05, 0) is 32.1 Å². The minimum Gasteiger partial charge on any atom is -0.394 e. The second kappa shape index (κ2) is 48.2. The quantitative estimate of drug-likeness (QED) is 0.0252. The van der Waals surface area contributed by atoms with Crippen LogP contribution in [-0.2, 0) is 95.3 Å². The Morgan fingerprint density at radius 2 is 0.708 bits per heavy atom. The first kappa shape index (κ1) is 84.7. The highest BCUT2D eigenvalue weighted by Gasteiger charge is 2.48. The Hall–Kier alpha value is -5.57. The maximum absolute atomic E-state index is 13.7. The first-order valence-electron chi connectivity index (χ1n) is 32.0. The molecule has 0 aromatic carbocycles. The molecule has 0 saturated carbocycles.